The standard InChI is InChI=1S/C14H18O4/c1-4-18-14(16)12(15)9-10(2)11-7-5-6-8-13(11)17-3/h5-8,10H,4,9H2,1-3H3. The van der Waals surface area contributed by atoms with Crippen molar-refractivity contribution in [2.24, 2.45) is 0 Å². The molecule has 1 unspecified atom stereocenters. The monoisotopic (exact) mass is 250 g/mol. The second-order valence-corrected chi connectivity index (χ2v) is 3.99. The van der Waals surface area contributed by atoms with Crippen molar-refractivity contribution in [3.63, 3.8) is 0 Å². The number of ketones is 1. The lowest BCUT2D eigenvalue weighted by Gasteiger charge is -2.14. The minimum absolute atomic E-state index is 0.0851. The Morgan fingerprint density at radius 1 is 1.28 bits per heavy atom. The highest BCUT2D eigenvalue weighted by atomic mass is 16.5. The number of benzene rings is 1. The van der Waals surface area contributed by atoms with Crippen molar-refractivity contribution in [1.29, 1.82) is 0 Å². The van der Waals surface area contributed by atoms with Crippen molar-refractivity contribution in [3.05, 3.63) is 29.8 Å². The van der Waals surface area contributed by atoms with E-state index in [-0.39, 0.29) is 18.9 Å². The number of carbonyl (C=O) groups is 2. The van der Waals surface area contributed by atoms with Crippen LogP contribution in [0.5, 0.6) is 5.75 Å². The second kappa shape index (κ2) is 6.79. The van der Waals surface area contributed by atoms with Crippen molar-refractivity contribution < 1.29 is 19.1 Å². The summed E-state index contributed by atoms with van der Waals surface area (Å²) >= 11 is 0. The number of ether oxygens (including phenoxy) is 2. The maximum Gasteiger partial charge on any atom is 0.374 e. The zero-order valence-corrected chi connectivity index (χ0v) is 10.9. The first-order chi connectivity index (χ1) is 8.60. The third-order valence-corrected chi connectivity index (χ3v) is 2.66. The summed E-state index contributed by atoms with van der Waals surface area (Å²) in [7, 11) is 1.58. The number of esters is 1. The van der Waals surface area contributed by atoms with Gasteiger partial charge in [0, 0.05) is 6.42 Å². The van der Waals surface area contributed by atoms with Gasteiger partial charge in [0.15, 0.2) is 0 Å². The van der Waals surface area contributed by atoms with Crippen LogP contribution in [0.3, 0.4) is 0 Å². The van der Waals surface area contributed by atoms with E-state index in [0.29, 0.717) is 0 Å². The molecule has 0 amide bonds. The van der Waals surface area contributed by atoms with E-state index in [0.717, 1.165) is 11.3 Å². The molecule has 0 heterocycles. The molecule has 0 saturated heterocycles. The summed E-state index contributed by atoms with van der Waals surface area (Å²) in [5.41, 5.74) is 0.914. The van der Waals surface area contributed by atoms with Crippen molar-refractivity contribution in [2.45, 2.75) is 26.2 Å². The maximum absolute atomic E-state index is 11.6. The van der Waals surface area contributed by atoms with Crippen LogP contribution < -0.4 is 4.74 Å². The molecule has 0 aliphatic rings. The van der Waals surface area contributed by atoms with Crippen molar-refractivity contribution in [3.8, 4) is 5.75 Å². The van der Waals surface area contributed by atoms with Crippen LogP contribution in [0.4, 0.5) is 0 Å². The summed E-state index contributed by atoms with van der Waals surface area (Å²) in [6.45, 7) is 3.78. The highest BCUT2D eigenvalue weighted by molar-refractivity contribution is 6.33. The van der Waals surface area contributed by atoms with Crippen LogP contribution in [0.25, 0.3) is 0 Å². The number of Topliss-reactive ketones (excluding diaryl/α,β-unsaturated/α-hetero) is 1. The highest BCUT2D eigenvalue weighted by Crippen LogP contribution is 2.28. The third-order valence-electron chi connectivity index (χ3n) is 2.66. The predicted molar refractivity (Wildman–Crippen MR) is 67.7 cm³/mol. The van der Waals surface area contributed by atoms with Crippen LogP contribution in [-0.2, 0) is 14.3 Å². The largest absolute Gasteiger partial charge is 0.496 e. The van der Waals surface area contributed by atoms with Gasteiger partial charge in [0.2, 0.25) is 5.78 Å². The molecule has 1 atom stereocenters. The smallest absolute Gasteiger partial charge is 0.374 e. The van der Waals surface area contributed by atoms with Crippen LogP contribution in [0.1, 0.15) is 31.7 Å². The van der Waals surface area contributed by atoms with Crippen LogP contribution >= 0.6 is 0 Å². The van der Waals surface area contributed by atoms with E-state index >= 15 is 0 Å². The van der Waals surface area contributed by atoms with Crippen LogP contribution in [0.2, 0.25) is 0 Å². The Morgan fingerprint density at radius 2 is 1.94 bits per heavy atom. The van der Waals surface area contributed by atoms with Crippen molar-refractivity contribution in [2.75, 3.05) is 13.7 Å². The first kappa shape index (κ1) is 14.2. The molecule has 18 heavy (non-hydrogen) atoms. The number of para-hydroxylation sites is 1. The molecule has 0 N–H and O–H groups in total. The molecule has 4 nitrogen and oxygen atoms in total. The topological polar surface area (TPSA) is 52.6 Å². The van der Waals surface area contributed by atoms with Gasteiger partial charge >= 0.3 is 5.97 Å². The molecular weight excluding hydrogens is 232 g/mol. The Labute approximate surface area is 107 Å². The quantitative estimate of drug-likeness (QED) is 0.574. The Balaban J connectivity index is 2.73. The number of methoxy groups -OCH3 is 1. The number of hydrogen-bond acceptors (Lipinski definition) is 4. The van der Waals surface area contributed by atoms with Gasteiger partial charge in [-0.25, -0.2) is 4.79 Å². The lowest BCUT2D eigenvalue weighted by atomic mass is 9.95. The Hall–Kier alpha value is -1.84. The van der Waals surface area contributed by atoms with E-state index in [2.05, 4.69) is 4.74 Å². The van der Waals surface area contributed by atoms with E-state index in [1.807, 2.05) is 31.2 Å². The molecule has 98 valence electrons. The minimum atomic E-state index is -0.765. The summed E-state index contributed by atoms with van der Waals surface area (Å²) in [6.07, 6.45) is 0.124. The van der Waals surface area contributed by atoms with Gasteiger partial charge in [-0.15, -0.1) is 0 Å². The molecule has 4 heteroatoms. The number of carbonyl (C=O) groups excluding carboxylic acids is 2. The molecule has 1 rings (SSSR count). The van der Waals surface area contributed by atoms with E-state index in [1.165, 1.54) is 0 Å². The first-order valence-corrected chi connectivity index (χ1v) is 5.93. The Kier molecular flexibility index (Phi) is 5.36. The molecule has 1 aromatic rings. The van der Waals surface area contributed by atoms with Crippen LogP contribution in [0.15, 0.2) is 24.3 Å². The van der Waals surface area contributed by atoms with Gasteiger partial charge in [-0.3, -0.25) is 4.79 Å². The normalized spacial score (nSPS) is 11.7. The summed E-state index contributed by atoms with van der Waals surface area (Å²) in [5.74, 6) is -0.630. The fourth-order valence-electron chi connectivity index (χ4n) is 1.76. The molecule has 0 bridgehead atoms. The summed E-state index contributed by atoms with van der Waals surface area (Å²) in [6, 6.07) is 7.47. The molecule has 0 aromatic heterocycles. The lowest BCUT2D eigenvalue weighted by Crippen LogP contribution is -2.19. The highest BCUT2D eigenvalue weighted by Gasteiger charge is 2.20. The van der Waals surface area contributed by atoms with E-state index in [4.69, 9.17) is 4.74 Å². The fraction of sp³-hybridized carbons (Fsp3) is 0.429. The zero-order chi connectivity index (χ0) is 13.5. The summed E-state index contributed by atoms with van der Waals surface area (Å²) in [5, 5.41) is 0. The molecule has 0 aliphatic heterocycles. The summed E-state index contributed by atoms with van der Waals surface area (Å²) in [4.78, 5) is 22.9. The fourth-order valence-corrected chi connectivity index (χ4v) is 1.76. The van der Waals surface area contributed by atoms with Gasteiger partial charge in [-0.05, 0) is 24.5 Å². The third kappa shape index (κ3) is 3.58. The van der Waals surface area contributed by atoms with E-state index in [9.17, 15) is 9.59 Å². The molecule has 0 fully saturated rings. The molecule has 0 aliphatic carbocycles. The predicted octanol–water partition coefficient (Wildman–Crippen LogP) is 2.32. The average molecular weight is 250 g/mol. The van der Waals surface area contributed by atoms with Crippen molar-refractivity contribution in [1.82, 2.24) is 0 Å². The van der Waals surface area contributed by atoms with Crippen molar-refractivity contribution >= 4 is 11.8 Å². The van der Waals surface area contributed by atoms with E-state index in [1.54, 1.807) is 14.0 Å². The van der Waals surface area contributed by atoms with Crippen LogP contribution in [-0.4, -0.2) is 25.5 Å². The van der Waals surface area contributed by atoms with Gasteiger partial charge in [0.1, 0.15) is 5.75 Å². The van der Waals surface area contributed by atoms with E-state index < -0.39 is 11.8 Å². The minimum Gasteiger partial charge on any atom is -0.496 e. The van der Waals surface area contributed by atoms with Gasteiger partial charge in [-0.1, -0.05) is 25.1 Å². The molecular formula is C14H18O4. The number of hydrogen-bond donors (Lipinski definition) is 0. The van der Waals surface area contributed by atoms with Crippen LogP contribution in [0, 0.1) is 0 Å². The zero-order valence-electron chi connectivity index (χ0n) is 10.9. The maximum atomic E-state index is 11.6. The Bertz CT molecular complexity index is 426. The van der Waals surface area contributed by atoms with Gasteiger partial charge in [0.25, 0.3) is 0 Å². The molecule has 1 aromatic carbocycles. The first-order valence-electron chi connectivity index (χ1n) is 5.93. The van der Waals surface area contributed by atoms with Gasteiger partial charge < -0.3 is 9.47 Å². The molecule has 0 saturated carbocycles. The average Bonchev–Trinajstić information content (AvgIpc) is 2.38. The summed E-state index contributed by atoms with van der Waals surface area (Å²) < 4.78 is 9.91. The molecule has 0 spiro atoms. The second-order valence-electron chi connectivity index (χ2n) is 3.99. The van der Waals surface area contributed by atoms with Gasteiger partial charge in [0.05, 0.1) is 13.7 Å². The lowest BCUT2D eigenvalue weighted by molar-refractivity contribution is -0.153. The SMILES string of the molecule is CCOC(=O)C(=O)CC(C)c1ccccc1OC. The Morgan fingerprint density at radius 3 is 2.56 bits per heavy atom. The number of rotatable bonds is 6. The van der Waals surface area contributed by atoms with Gasteiger partial charge in [-0.2, -0.15) is 0 Å². The molecule has 0 radical (unpaired) electrons.